The summed E-state index contributed by atoms with van der Waals surface area (Å²) in [5.41, 5.74) is 3.90. The average molecular weight is 372 g/mol. The fourth-order valence-corrected chi connectivity index (χ4v) is 3.61. The summed E-state index contributed by atoms with van der Waals surface area (Å²) in [5, 5.41) is -0.193. The van der Waals surface area contributed by atoms with E-state index in [-0.39, 0.29) is 15.4 Å². The Morgan fingerprint density at radius 2 is 1.67 bits per heavy atom. The summed E-state index contributed by atoms with van der Waals surface area (Å²) in [6.07, 6.45) is 4.57. The Hall–Kier alpha value is -0.930. The first-order valence-electron chi connectivity index (χ1n) is 6.96. The van der Waals surface area contributed by atoms with Crippen LogP contribution < -0.4 is 0 Å². The van der Waals surface area contributed by atoms with E-state index in [1.54, 1.807) is 0 Å². The van der Waals surface area contributed by atoms with Gasteiger partial charge < -0.3 is 0 Å². The lowest BCUT2D eigenvalue weighted by Gasteiger charge is -2.19. The van der Waals surface area contributed by atoms with E-state index in [1.807, 2.05) is 6.07 Å². The van der Waals surface area contributed by atoms with Crippen molar-refractivity contribution in [3.63, 3.8) is 0 Å². The summed E-state index contributed by atoms with van der Waals surface area (Å²) < 4.78 is 27.6. The van der Waals surface area contributed by atoms with E-state index in [1.165, 1.54) is 24.0 Å². The van der Waals surface area contributed by atoms with Crippen molar-refractivity contribution >= 4 is 27.5 Å². The van der Waals surface area contributed by atoms with Crippen molar-refractivity contribution in [3.8, 4) is 0 Å². The average Bonchev–Trinajstić information content (AvgIpc) is 2.50. The Balaban J connectivity index is 1.98. The third-order valence-corrected chi connectivity index (χ3v) is 5.29. The van der Waals surface area contributed by atoms with Crippen LogP contribution in [0.4, 0.5) is 8.78 Å². The maximum absolute atomic E-state index is 14.0. The fourth-order valence-electron chi connectivity index (χ4n) is 2.82. The molecule has 0 bridgehead atoms. The summed E-state index contributed by atoms with van der Waals surface area (Å²) in [6.45, 7) is 0. The minimum atomic E-state index is -0.601. The molecule has 0 nitrogen and oxygen atoms in total. The van der Waals surface area contributed by atoms with Gasteiger partial charge in [0.15, 0.2) is 0 Å². The monoisotopic (exact) mass is 370 g/mol. The summed E-state index contributed by atoms with van der Waals surface area (Å²) >= 11 is 9.08. The van der Waals surface area contributed by atoms with Gasteiger partial charge in [-0.15, -0.1) is 0 Å². The molecule has 0 radical (unpaired) electrons. The van der Waals surface area contributed by atoms with Crippen LogP contribution in [0.5, 0.6) is 0 Å². The Morgan fingerprint density at radius 1 is 0.952 bits per heavy atom. The predicted octanol–water partition coefficient (Wildman–Crippen LogP) is 5.98. The molecule has 2 aromatic rings. The second-order valence-corrected chi connectivity index (χ2v) is 6.71. The van der Waals surface area contributed by atoms with Gasteiger partial charge in [-0.05, 0) is 54.5 Å². The summed E-state index contributed by atoms with van der Waals surface area (Å²) in [5.74, 6) is -1.10. The molecule has 1 aliphatic carbocycles. The highest BCUT2D eigenvalue weighted by Crippen LogP contribution is 2.36. The Labute approximate surface area is 136 Å². The third kappa shape index (κ3) is 3.00. The standard InChI is InChI=1S/C17H14BrClF2/c18-17(13-8-16(21)14(19)9-15(13)20)12-6-5-10-3-1-2-4-11(10)7-12/h5-9,17H,1-4H2. The van der Waals surface area contributed by atoms with Gasteiger partial charge in [0.1, 0.15) is 11.6 Å². The van der Waals surface area contributed by atoms with E-state index in [0.29, 0.717) is 0 Å². The molecule has 4 heteroatoms. The van der Waals surface area contributed by atoms with Crippen molar-refractivity contribution in [1.29, 1.82) is 0 Å². The maximum atomic E-state index is 14.0. The molecule has 2 aromatic carbocycles. The number of halogens is 4. The Bertz CT molecular complexity index is 685. The van der Waals surface area contributed by atoms with Gasteiger partial charge in [0, 0.05) is 5.56 Å². The van der Waals surface area contributed by atoms with Crippen LogP contribution >= 0.6 is 27.5 Å². The Morgan fingerprint density at radius 3 is 2.43 bits per heavy atom. The van der Waals surface area contributed by atoms with E-state index in [0.717, 1.165) is 30.5 Å². The van der Waals surface area contributed by atoms with Crippen molar-refractivity contribution in [2.45, 2.75) is 30.5 Å². The summed E-state index contributed by atoms with van der Waals surface area (Å²) in [7, 11) is 0. The minimum Gasteiger partial charge on any atom is -0.207 e. The minimum absolute atomic E-state index is 0.193. The molecule has 1 aliphatic rings. The molecular weight excluding hydrogens is 358 g/mol. The molecule has 0 saturated heterocycles. The number of alkyl halides is 1. The van der Waals surface area contributed by atoms with Crippen molar-refractivity contribution < 1.29 is 8.78 Å². The van der Waals surface area contributed by atoms with Gasteiger partial charge in [-0.25, -0.2) is 8.78 Å². The molecule has 0 amide bonds. The van der Waals surface area contributed by atoms with E-state index in [4.69, 9.17) is 11.6 Å². The molecule has 0 heterocycles. The van der Waals surface area contributed by atoms with Crippen molar-refractivity contribution in [1.82, 2.24) is 0 Å². The molecule has 0 spiro atoms. The quantitative estimate of drug-likeness (QED) is 0.450. The molecule has 3 rings (SSSR count). The molecule has 0 aromatic heterocycles. The van der Waals surface area contributed by atoms with E-state index < -0.39 is 11.6 Å². The highest BCUT2D eigenvalue weighted by atomic mass is 79.9. The van der Waals surface area contributed by atoms with Gasteiger partial charge in [-0.2, -0.15) is 0 Å². The second kappa shape index (κ2) is 6.05. The lowest BCUT2D eigenvalue weighted by molar-refractivity contribution is 0.588. The molecule has 1 atom stereocenters. The second-order valence-electron chi connectivity index (χ2n) is 5.39. The van der Waals surface area contributed by atoms with Crippen LogP contribution in [-0.4, -0.2) is 0 Å². The van der Waals surface area contributed by atoms with Crippen LogP contribution in [0.2, 0.25) is 5.02 Å². The zero-order valence-corrected chi connectivity index (χ0v) is 13.6. The lowest BCUT2D eigenvalue weighted by atomic mass is 9.89. The van der Waals surface area contributed by atoms with Crippen LogP contribution in [0.1, 0.15) is 39.9 Å². The first-order chi connectivity index (χ1) is 10.1. The first-order valence-corrected chi connectivity index (χ1v) is 8.26. The topological polar surface area (TPSA) is 0 Å². The first kappa shape index (κ1) is 15.0. The third-order valence-electron chi connectivity index (χ3n) is 3.98. The number of hydrogen-bond acceptors (Lipinski definition) is 0. The van der Waals surface area contributed by atoms with E-state index in [9.17, 15) is 8.78 Å². The predicted molar refractivity (Wildman–Crippen MR) is 85.2 cm³/mol. The van der Waals surface area contributed by atoms with Crippen LogP contribution in [0.3, 0.4) is 0 Å². The number of fused-ring (bicyclic) bond motifs is 1. The van der Waals surface area contributed by atoms with Crippen molar-refractivity contribution in [2.24, 2.45) is 0 Å². The number of rotatable bonds is 2. The number of benzene rings is 2. The summed E-state index contributed by atoms with van der Waals surface area (Å²) in [4.78, 5) is -0.378. The van der Waals surface area contributed by atoms with Gasteiger partial charge >= 0.3 is 0 Å². The molecular formula is C17H14BrClF2. The lowest BCUT2D eigenvalue weighted by Crippen LogP contribution is -2.05. The Kier molecular flexibility index (Phi) is 4.32. The zero-order chi connectivity index (χ0) is 15.0. The SMILES string of the molecule is Fc1cc(C(Br)c2ccc3c(c2)CCCC3)c(F)cc1Cl. The molecule has 21 heavy (non-hydrogen) atoms. The molecule has 1 unspecified atom stereocenters. The van der Waals surface area contributed by atoms with Gasteiger partial charge in [0.2, 0.25) is 0 Å². The van der Waals surface area contributed by atoms with E-state index in [2.05, 4.69) is 28.1 Å². The maximum Gasteiger partial charge on any atom is 0.142 e. The van der Waals surface area contributed by atoms with Crippen LogP contribution in [0, 0.1) is 11.6 Å². The molecule has 0 saturated carbocycles. The number of hydrogen-bond donors (Lipinski definition) is 0. The number of aryl methyl sites for hydroxylation is 2. The van der Waals surface area contributed by atoms with Crippen molar-refractivity contribution in [3.05, 3.63) is 69.2 Å². The molecule has 0 fully saturated rings. The van der Waals surface area contributed by atoms with E-state index >= 15 is 0 Å². The fraction of sp³-hybridized carbons (Fsp3) is 0.294. The summed E-state index contributed by atoms with van der Waals surface area (Å²) in [6, 6.07) is 8.37. The van der Waals surface area contributed by atoms with Crippen molar-refractivity contribution in [2.75, 3.05) is 0 Å². The normalized spacial score (nSPS) is 15.6. The smallest absolute Gasteiger partial charge is 0.142 e. The largest absolute Gasteiger partial charge is 0.207 e. The van der Waals surface area contributed by atoms with Crippen LogP contribution in [-0.2, 0) is 12.8 Å². The van der Waals surface area contributed by atoms with Gasteiger partial charge in [0.05, 0.1) is 9.85 Å². The molecule has 110 valence electrons. The van der Waals surface area contributed by atoms with Gasteiger partial charge in [-0.1, -0.05) is 45.7 Å². The highest BCUT2D eigenvalue weighted by Gasteiger charge is 2.19. The highest BCUT2D eigenvalue weighted by molar-refractivity contribution is 9.09. The molecule has 0 aliphatic heterocycles. The zero-order valence-electron chi connectivity index (χ0n) is 11.3. The van der Waals surface area contributed by atoms with Crippen LogP contribution in [0.25, 0.3) is 0 Å². The van der Waals surface area contributed by atoms with Crippen LogP contribution in [0.15, 0.2) is 30.3 Å². The van der Waals surface area contributed by atoms with Gasteiger partial charge in [-0.3, -0.25) is 0 Å². The molecule has 0 N–H and O–H groups in total. The van der Waals surface area contributed by atoms with Gasteiger partial charge in [0.25, 0.3) is 0 Å².